The van der Waals surface area contributed by atoms with Gasteiger partial charge in [0, 0.05) is 12.0 Å². The van der Waals surface area contributed by atoms with Crippen LogP contribution in [0.15, 0.2) is 42.5 Å². The average Bonchev–Trinajstić information content (AvgIpc) is 2.85. The molecule has 1 aliphatic rings. The molecular weight excluding hydrogens is 237 g/mol. The summed E-state index contributed by atoms with van der Waals surface area (Å²) in [5.74, 6) is 0.184. The highest BCUT2D eigenvalue weighted by Gasteiger charge is 2.28. The smallest absolute Gasteiger partial charge is 0.126 e. The van der Waals surface area contributed by atoms with E-state index in [1.165, 1.54) is 17.2 Å². The van der Waals surface area contributed by atoms with Crippen molar-refractivity contribution in [2.45, 2.75) is 31.7 Å². The van der Waals surface area contributed by atoms with E-state index in [0.29, 0.717) is 11.5 Å². The van der Waals surface area contributed by atoms with E-state index in [2.05, 4.69) is 24.3 Å². The first kappa shape index (κ1) is 12.4. The van der Waals surface area contributed by atoms with Crippen LogP contribution in [-0.4, -0.2) is 0 Å². The van der Waals surface area contributed by atoms with E-state index in [4.69, 9.17) is 5.73 Å². The van der Waals surface area contributed by atoms with E-state index in [0.717, 1.165) is 18.4 Å². The van der Waals surface area contributed by atoms with E-state index in [9.17, 15) is 4.39 Å². The summed E-state index contributed by atoms with van der Waals surface area (Å²) < 4.78 is 13.3. The molecule has 2 aromatic carbocycles. The molecule has 0 amide bonds. The van der Waals surface area contributed by atoms with E-state index < -0.39 is 0 Å². The van der Waals surface area contributed by atoms with Crippen LogP contribution in [0.5, 0.6) is 0 Å². The molecule has 0 spiro atoms. The second kappa shape index (κ2) is 4.78. The van der Waals surface area contributed by atoms with Crippen LogP contribution in [0.2, 0.25) is 0 Å². The monoisotopic (exact) mass is 255 g/mol. The maximum atomic E-state index is 13.3. The van der Waals surface area contributed by atoms with Crippen LogP contribution < -0.4 is 5.73 Å². The number of rotatable bonds is 2. The summed E-state index contributed by atoms with van der Waals surface area (Å²) in [6, 6.07) is 13.7. The minimum absolute atomic E-state index is 0.0528. The van der Waals surface area contributed by atoms with E-state index >= 15 is 0 Å². The number of halogens is 1. The normalized spacial score (nSPS) is 19.2. The summed E-state index contributed by atoms with van der Waals surface area (Å²) in [5.41, 5.74) is 10.9. The van der Waals surface area contributed by atoms with Crippen molar-refractivity contribution >= 4 is 0 Å². The quantitative estimate of drug-likeness (QED) is 0.866. The van der Waals surface area contributed by atoms with Crippen LogP contribution in [-0.2, 0) is 6.42 Å². The van der Waals surface area contributed by atoms with Crippen LogP contribution in [0.1, 0.15) is 40.6 Å². The Balaban J connectivity index is 1.93. The zero-order chi connectivity index (χ0) is 13.4. The van der Waals surface area contributed by atoms with Gasteiger partial charge in [-0.15, -0.1) is 0 Å². The number of hydrogen-bond donors (Lipinski definition) is 1. The summed E-state index contributed by atoms with van der Waals surface area (Å²) in [7, 11) is 0. The molecule has 3 rings (SSSR count). The third kappa shape index (κ3) is 2.17. The van der Waals surface area contributed by atoms with Gasteiger partial charge < -0.3 is 5.73 Å². The number of benzene rings is 2. The van der Waals surface area contributed by atoms with Gasteiger partial charge in [-0.05, 0) is 48.1 Å². The van der Waals surface area contributed by atoms with Crippen molar-refractivity contribution in [3.63, 3.8) is 0 Å². The molecule has 1 nitrogen and oxygen atoms in total. The van der Waals surface area contributed by atoms with E-state index in [-0.39, 0.29) is 11.9 Å². The van der Waals surface area contributed by atoms with E-state index in [1.807, 2.05) is 12.1 Å². The molecule has 2 aromatic rings. The molecule has 0 saturated carbocycles. The third-order valence-corrected chi connectivity index (χ3v) is 4.18. The molecule has 0 heterocycles. The Kier molecular flexibility index (Phi) is 3.11. The molecule has 0 aromatic heterocycles. The largest absolute Gasteiger partial charge is 0.323 e. The molecule has 0 saturated heterocycles. The van der Waals surface area contributed by atoms with Crippen LogP contribution in [0.3, 0.4) is 0 Å². The first-order valence-electron chi connectivity index (χ1n) is 6.76. The average molecular weight is 255 g/mol. The van der Waals surface area contributed by atoms with Crippen molar-refractivity contribution in [2.75, 3.05) is 0 Å². The summed E-state index contributed by atoms with van der Waals surface area (Å²) in [5, 5.41) is 0. The Labute approximate surface area is 113 Å². The molecule has 0 aliphatic heterocycles. The Morgan fingerprint density at radius 1 is 1.21 bits per heavy atom. The molecule has 19 heavy (non-hydrogen) atoms. The molecule has 2 heteroatoms. The third-order valence-electron chi connectivity index (χ3n) is 4.18. The predicted octanol–water partition coefficient (Wildman–Crippen LogP) is 3.86. The molecule has 0 bridgehead atoms. The molecular formula is C17H18FN. The van der Waals surface area contributed by atoms with Gasteiger partial charge in [0.25, 0.3) is 0 Å². The van der Waals surface area contributed by atoms with Gasteiger partial charge >= 0.3 is 0 Å². The highest BCUT2D eigenvalue weighted by molar-refractivity contribution is 5.38. The second-order valence-corrected chi connectivity index (χ2v) is 5.38. The fraction of sp³-hybridized carbons (Fsp3) is 0.294. The Bertz CT molecular complexity index is 606. The van der Waals surface area contributed by atoms with Gasteiger partial charge in [0.1, 0.15) is 5.82 Å². The molecule has 2 unspecified atom stereocenters. The fourth-order valence-electron chi connectivity index (χ4n) is 3.07. The lowest BCUT2D eigenvalue weighted by Crippen LogP contribution is -2.18. The summed E-state index contributed by atoms with van der Waals surface area (Å²) in [6.45, 7) is 1.79. The van der Waals surface area contributed by atoms with Crippen molar-refractivity contribution in [1.29, 1.82) is 0 Å². The highest BCUT2D eigenvalue weighted by Crippen LogP contribution is 2.40. The predicted molar refractivity (Wildman–Crippen MR) is 75.6 cm³/mol. The molecule has 0 fully saturated rings. The summed E-state index contributed by atoms with van der Waals surface area (Å²) in [4.78, 5) is 0. The maximum Gasteiger partial charge on any atom is 0.126 e. The zero-order valence-corrected chi connectivity index (χ0v) is 11.1. The first-order valence-corrected chi connectivity index (χ1v) is 6.76. The van der Waals surface area contributed by atoms with Gasteiger partial charge in [-0.2, -0.15) is 0 Å². The Hall–Kier alpha value is -1.67. The molecule has 2 N–H and O–H groups in total. The van der Waals surface area contributed by atoms with Crippen molar-refractivity contribution < 1.29 is 4.39 Å². The van der Waals surface area contributed by atoms with Crippen LogP contribution in [0, 0.1) is 12.7 Å². The number of aryl methyl sites for hydroxylation is 2. The number of nitrogens with two attached hydrogens (primary N) is 1. The first-order chi connectivity index (χ1) is 9.16. The lowest BCUT2D eigenvalue weighted by Gasteiger charge is -2.21. The minimum Gasteiger partial charge on any atom is -0.323 e. The number of fused-ring (bicyclic) bond motifs is 1. The van der Waals surface area contributed by atoms with E-state index in [1.54, 1.807) is 6.92 Å². The van der Waals surface area contributed by atoms with Gasteiger partial charge in [-0.1, -0.05) is 36.4 Å². The summed E-state index contributed by atoms with van der Waals surface area (Å²) in [6.07, 6.45) is 2.17. The van der Waals surface area contributed by atoms with Gasteiger partial charge in [-0.3, -0.25) is 0 Å². The van der Waals surface area contributed by atoms with Crippen molar-refractivity contribution in [2.24, 2.45) is 5.73 Å². The maximum absolute atomic E-state index is 13.3. The lowest BCUT2D eigenvalue weighted by molar-refractivity contribution is 0.547. The number of hydrogen-bond acceptors (Lipinski definition) is 1. The summed E-state index contributed by atoms with van der Waals surface area (Å²) >= 11 is 0. The molecule has 0 radical (unpaired) electrons. The molecule has 98 valence electrons. The Morgan fingerprint density at radius 3 is 2.79 bits per heavy atom. The van der Waals surface area contributed by atoms with Crippen LogP contribution in [0.4, 0.5) is 4.39 Å². The lowest BCUT2D eigenvalue weighted by atomic mass is 9.88. The molecule has 1 aliphatic carbocycles. The molecule has 2 atom stereocenters. The topological polar surface area (TPSA) is 26.0 Å². The standard InChI is InChI=1S/C17H18FN/c1-11-10-13(7-9-16(11)18)17(19)15-8-6-12-4-2-3-5-14(12)15/h2-5,7,9-10,15,17H,6,8,19H2,1H3. The van der Waals surface area contributed by atoms with Crippen LogP contribution in [0.25, 0.3) is 0 Å². The zero-order valence-electron chi connectivity index (χ0n) is 11.1. The van der Waals surface area contributed by atoms with Gasteiger partial charge in [0.15, 0.2) is 0 Å². The van der Waals surface area contributed by atoms with Crippen LogP contribution >= 0.6 is 0 Å². The van der Waals surface area contributed by atoms with Crippen molar-refractivity contribution in [3.8, 4) is 0 Å². The van der Waals surface area contributed by atoms with Crippen molar-refractivity contribution in [3.05, 3.63) is 70.5 Å². The fourth-order valence-corrected chi connectivity index (χ4v) is 3.07. The SMILES string of the molecule is Cc1cc(C(N)C2CCc3ccccc32)ccc1F. The van der Waals surface area contributed by atoms with Gasteiger partial charge in [0.2, 0.25) is 0 Å². The van der Waals surface area contributed by atoms with Gasteiger partial charge in [-0.25, -0.2) is 4.39 Å². The second-order valence-electron chi connectivity index (χ2n) is 5.38. The Morgan fingerprint density at radius 2 is 2.00 bits per heavy atom. The minimum atomic E-state index is -0.164. The van der Waals surface area contributed by atoms with Gasteiger partial charge in [0.05, 0.1) is 0 Å². The van der Waals surface area contributed by atoms with Crippen molar-refractivity contribution in [1.82, 2.24) is 0 Å². The highest BCUT2D eigenvalue weighted by atomic mass is 19.1.